The van der Waals surface area contributed by atoms with E-state index in [2.05, 4.69) is 35.0 Å². The third-order valence-electron chi connectivity index (χ3n) is 6.09. The van der Waals surface area contributed by atoms with Gasteiger partial charge in [-0.3, -0.25) is 0 Å². The molecule has 1 atom stereocenters. The number of hydrogen-bond donors (Lipinski definition) is 2. The van der Waals surface area contributed by atoms with E-state index in [-0.39, 0.29) is 13.2 Å². The molecule has 0 spiro atoms. The molecule has 0 amide bonds. The Hall–Kier alpha value is -2.97. The molecule has 1 aromatic carbocycles. The molecule has 33 heavy (non-hydrogen) atoms. The maximum Gasteiger partial charge on any atom is 0.259 e. The van der Waals surface area contributed by atoms with Gasteiger partial charge in [0.1, 0.15) is 24.3 Å². The number of aryl methyl sites for hydroxylation is 3. The first-order chi connectivity index (χ1) is 16.0. The van der Waals surface area contributed by atoms with Crippen LogP contribution in [0.25, 0.3) is 22.8 Å². The first-order valence-electron chi connectivity index (χ1n) is 11.8. The number of aliphatic hydroxyl groups is 1. The van der Waals surface area contributed by atoms with Crippen LogP contribution in [0.2, 0.25) is 0 Å². The Morgan fingerprint density at radius 1 is 1.12 bits per heavy atom. The normalized spacial score (nSPS) is 14.6. The van der Waals surface area contributed by atoms with Crippen molar-refractivity contribution in [2.75, 3.05) is 31.1 Å². The Kier molecular flexibility index (Phi) is 7.25. The van der Waals surface area contributed by atoms with Crippen molar-refractivity contribution in [3.63, 3.8) is 0 Å². The molecule has 8 nitrogen and oxygen atoms in total. The van der Waals surface area contributed by atoms with Crippen LogP contribution in [0.3, 0.4) is 0 Å². The minimum absolute atomic E-state index is 0.163. The molecule has 3 N–H and O–H groups in total. The molecule has 1 aliphatic heterocycles. The summed E-state index contributed by atoms with van der Waals surface area (Å²) in [5.74, 6) is 2.82. The molecule has 176 valence electrons. The lowest BCUT2D eigenvalue weighted by atomic mass is 10.0. The van der Waals surface area contributed by atoms with E-state index in [9.17, 15) is 5.11 Å². The molecule has 3 aromatic rings. The van der Waals surface area contributed by atoms with Crippen molar-refractivity contribution in [3.05, 3.63) is 41.1 Å². The second-order valence-electron chi connectivity index (χ2n) is 8.51. The maximum absolute atomic E-state index is 9.74. The minimum atomic E-state index is -0.688. The molecular weight excluding hydrogens is 418 g/mol. The molecule has 0 bridgehead atoms. The Balaban J connectivity index is 1.60. The van der Waals surface area contributed by atoms with Crippen LogP contribution in [-0.2, 0) is 12.8 Å². The summed E-state index contributed by atoms with van der Waals surface area (Å²) < 4.78 is 11.5. The summed E-state index contributed by atoms with van der Waals surface area (Å²) in [7, 11) is 0. The number of aromatic nitrogens is 3. The van der Waals surface area contributed by atoms with Gasteiger partial charge >= 0.3 is 0 Å². The summed E-state index contributed by atoms with van der Waals surface area (Å²) >= 11 is 0. The molecule has 1 fully saturated rings. The topological polar surface area (TPSA) is 111 Å². The quantitative estimate of drug-likeness (QED) is 0.508. The third-order valence-corrected chi connectivity index (χ3v) is 6.09. The lowest BCUT2D eigenvalue weighted by Gasteiger charge is -2.19. The molecule has 8 heteroatoms. The van der Waals surface area contributed by atoms with E-state index in [1.54, 1.807) is 0 Å². The van der Waals surface area contributed by atoms with E-state index in [1.807, 2.05) is 25.3 Å². The highest BCUT2D eigenvalue weighted by atomic mass is 16.5. The van der Waals surface area contributed by atoms with Gasteiger partial charge in [0.25, 0.3) is 5.89 Å². The van der Waals surface area contributed by atoms with Crippen LogP contribution in [-0.4, -0.2) is 52.6 Å². The van der Waals surface area contributed by atoms with Crippen molar-refractivity contribution < 1.29 is 14.4 Å². The number of ether oxygens (including phenoxy) is 1. The number of rotatable bonds is 9. The van der Waals surface area contributed by atoms with Crippen LogP contribution in [0, 0.1) is 6.92 Å². The predicted octanol–water partition coefficient (Wildman–Crippen LogP) is 3.53. The second-order valence-corrected chi connectivity index (χ2v) is 8.51. The zero-order valence-electron chi connectivity index (χ0n) is 19.7. The number of benzene rings is 1. The molecule has 4 rings (SSSR count). The highest BCUT2D eigenvalue weighted by molar-refractivity contribution is 5.65. The zero-order valence-corrected chi connectivity index (χ0v) is 19.7. The first-order valence-corrected chi connectivity index (χ1v) is 11.8. The monoisotopic (exact) mass is 451 g/mol. The number of anilines is 1. The second kappa shape index (κ2) is 10.3. The molecular formula is C25H33N5O3. The van der Waals surface area contributed by atoms with Gasteiger partial charge in [0.15, 0.2) is 0 Å². The number of hydrogen-bond acceptors (Lipinski definition) is 8. The lowest BCUT2D eigenvalue weighted by Crippen LogP contribution is -2.27. The predicted molar refractivity (Wildman–Crippen MR) is 128 cm³/mol. The van der Waals surface area contributed by atoms with Gasteiger partial charge in [-0.25, -0.2) is 4.98 Å². The van der Waals surface area contributed by atoms with E-state index < -0.39 is 6.10 Å². The summed E-state index contributed by atoms with van der Waals surface area (Å²) in [6, 6.07) is 6.10. The molecule has 1 unspecified atom stereocenters. The minimum Gasteiger partial charge on any atom is -0.490 e. The zero-order chi connectivity index (χ0) is 23.4. The Morgan fingerprint density at radius 2 is 1.85 bits per heavy atom. The number of nitrogens with zero attached hydrogens (tertiary/aromatic N) is 4. The largest absolute Gasteiger partial charge is 0.490 e. The Labute approximate surface area is 194 Å². The smallest absolute Gasteiger partial charge is 0.259 e. The van der Waals surface area contributed by atoms with Crippen LogP contribution in [0.5, 0.6) is 5.75 Å². The molecule has 0 saturated carbocycles. The van der Waals surface area contributed by atoms with E-state index >= 15 is 0 Å². The summed E-state index contributed by atoms with van der Waals surface area (Å²) in [6.45, 7) is 8.63. The number of nitrogens with two attached hydrogens (primary N) is 1. The summed E-state index contributed by atoms with van der Waals surface area (Å²) in [5.41, 5.74) is 10.3. The maximum atomic E-state index is 9.74. The van der Waals surface area contributed by atoms with Crippen molar-refractivity contribution in [2.24, 2.45) is 5.73 Å². The van der Waals surface area contributed by atoms with Crippen LogP contribution in [0.15, 0.2) is 28.9 Å². The lowest BCUT2D eigenvalue weighted by molar-refractivity contribution is 0.113. The SMILES string of the molecule is CCc1cc(-c2nc(-c3cc(C)c(OCC(O)CN)c(CC)c3)no2)cnc1N1CCCC1. The van der Waals surface area contributed by atoms with E-state index in [0.717, 1.165) is 59.8 Å². The molecule has 2 aromatic heterocycles. The van der Waals surface area contributed by atoms with E-state index in [0.29, 0.717) is 11.7 Å². The van der Waals surface area contributed by atoms with Gasteiger partial charge in [0, 0.05) is 31.4 Å². The fourth-order valence-corrected chi connectivity index (χ4v) is 4.24. The summed E-state index contributed by atoms with van der Waals surface area (Å²) in [5, 5.41) is 14.0. The van der Waals surface area contributed by atoms with Gasteiger partial charge in [-0.15, -0.1) is 0 Å². The van der Waals surface area contributed by atoms with Gasteiger partial charge in [-0.2, -0.15) is 4.98 Å². The van der Waals surface area contributed by atoms with Gasteiger partial charge in [0.05, 0.1) is 5.56 Å². The number of aliphatic hydroxyl groups excluding tert-OH is 1. The van der Waals surface area contributed by atoms with Crippen LogP contribution >= 0.6 is 0 Å². The summed E-state index contributed by atoms with van der Waals surface area (Å²) in [6.07, 6.45) is 5.24. The standard InChI is InChI=1S/C25H33N5O3/c1-4-17-11-19(10-16(3)22(17)32-15-21(31)13-26)23-28-25(33-29-23)20-12-18(5-2)24(27-14-20)30-8-6-7-9-30/h10-12,14,21,31H,4-9,13,15,26H2,1-3H3. The van der Waals surface area contributed by atoms with Gasteiger partial charge in [-0.05, 0) is 67.5 Å². The number of pyridine rings is 1. The van der Waals surface area contributed by atoms with Crippen molar-refractivity contribution in [2.45, 2.75) is 52.6 Å². The first kappa shape index (κ1) is 23.2. The van der Waals surface area contributed by atoms with Gasteiger partial charge in [0.2, 0.25) is 5.82 Å². The van der Waals surface area contributed by atoms with Crippen LogP contribution in [0.1, 0.15) is 43.4 Å². The molecule has 0 radical (unpaired) electrons. The molecule has 1 saturated heterocycles. The molecule has 1 aliphatic rings. The fourth-order valence-electron chi connectivity index (χ4n) is 4.24. The van der Waals surface area contributed by atoms with Gasteiger partial charge < -0.3 is 25.0 Å². The molecule has 3 heterocycles. The van der Waals surface area contributed by atoms with E-state index in [4.69, 9.17) is 20.0 Å². The van der Waals surface area contributed by atoms with Crippen LogP contribution in [0.4, 0.5) is 5.82 Å². The van der Waals surface area contributed by atoms with Crippen molar-refractivity contribution >= 4 is 5.82 Å². The Bertz CT molecular complexity index is 1090. The highest BCUT2D eigenvalue weighted by Crippen LogP contribution is 2.32. The van der Waals surface area contributed by atoms with Crippen LogP contribution < -0.4 is 15.4 Å². The van der Waals surface area contributed by atoms with Crippen molar-refractivity contribution in [1.82, 2.24) is 15.1 Å². The van der Waals surface area contributed by atoms with E-state index in [1.165, 1.54) is 18.4 Å². The van der Waals surface area contributed by atoms with Crippen molar-refractivity contribution in [1.29, 1.82) is 0 Å². The molecule has 0 aliphatic carbocycles. The fraction of sp³-hybridized carbons (Fsp3) is 0.480. The Morgan fingerprint density at radius 3 is 2.55 bits per heavy atom. The van der Waals surface area contributed by atoms with Gasteiger partial charge in [-0.1, -0.05) is 19.0 Å². The average Bonchev–Trinajstić information content (AvgIpc) is 3.55. The third kappa shape index (κ3) is 5.02. The highest BCUT2D eigenvalue weighted by Gasteiger charge is 2.20. The van der Waals surface area contributed by atoms with Crippen molar-refractivity contribution in [3.8, 4) is 28.6 Å². The average molecular weight is 452 g/mol. The summed E-state index contributed by atoms with van der Waals surface area (Å²) in [4.78, 5) is 11.7.